The molecule has 0 aliphatic rings. The van der Waals surface area contributed by atoms with Crippen molar-refractivity contribution in [2.45, 2.75) is 361 Å². The quantitative estimate of drug-likeness (QED) is 0.0261. The van der Waals surface area contributed by atoms with Gasteiger partial charge < -0.3 is 14.2 Å². The molecule has 0 heterocycles. The van der Waals surface area contributed by atoms with Gasteiger partial charge in [-0.3, -0.25) is 14.4 Å². The molecular formula is C69H126O6. The van der Waals surface area contributed by atoms with Crippen LogP contribution in [0.3, 0.4) is 0 Å². The van der Waals surface area contributed by atoms with E-state index in [9.17, 15) is 14.4 Å². The maximum Gasteiger partial charge on any atom is 0.306 e. The molecule has 0 aromatic heterocycles. The first-order valence-electron chi connectivity index (χ1n) is 33.1. The van der Waals surface area contributed by atoms with Gasteiger partial charge in [0.2, 0.25) is 0 Å². The standard InChI is InChI=1S/C69H126O6/c1-4-7-10-13-16-19-22-24-26-28-30-32-33-34-35-36-38-39-41-43-45-47-50-53-56-59-62-68(71)74-65-66(64-73-67(70)61-58-55-52-49-21-18-15-12-9-6-3)75-69(72)63-60-57-54-51-48-46-44-42-40-37-31-29-27-25-23-20-17-14-11-8-5-2/h12,15,23,25,29,31,40,42,66H,4-11,13-14,16-22,24,26-28,30,32-39,41,43-65H2,1-3H3/b15-12-,25-23-,31-29-,42-40-. The predicted octanol–water partition coefficient (Wildman–Crippen LogP) is 22.6. The van der Waals surface area contributed by atoms with E-state index in [1.165, 1.54) is 218 Å². The molecule has 75 heavy (non-hydrogen) atoms. The van der Waals surface area contributed by atoms with E-state index in [0.29, 0.717) is 19.3 Å². The van der Waals surface area contributed by atoms with Crippen LogP contribution in [0.1, 0.15) is 355 Å². The molecule has 6 heteroatoms. The van der Waals surface area contributed by atoms with Crippen molar-refractivity contribution in [2.24, 2.45) is 0 Å². The maximum atomic E-state index is 12.9. The van der Waals surface area contributed by atoms with Crippen molar-refractivity contribution < 1.29 is 28.6 Å². The third kappa shape index (κ3) is 62.1. The lowest BCUT2D eigenvalue weighted by Crippen LogP contribution is -2.30. The fourth-order valence-corrected chi connectivity index (χ4v) is 9.81. The van der Waals surface area contributed by atoms with Crippen molar-refractivity contribution >= 4 is 17.9 Å². The minimum absolute atomic E-state index is 0.0780. The molecule has 0 aromatic rings. The number of allylic oxidation sites excluding steroid dienone is 8. The summed E-state index contributed by atoms with van der Waals surface area (Å²) in [7, 11) is 0. The lowest BCUT2D eigenvalue weighted by atomic mass is 10.0. The summed E-state index contributed by atoms with van der Waals surface area (Å²) >= 11 is 0. The first-order valence-corrected chi connectivity index (χ1v) is 33.1. The van der Waals surface area contributed by atoms with Crippen molar-refractivity contribution in [1.29, 1.82) is 0 Å². The van der Waals surface area contributed by atoms with Crippen LogP contribution in [-0.2, 0) is 28.6 Å². The predicted molar refractivity (Wildman–Crippen MR) is 325 cm³/mol. The Morgan fingerprint density at radius 1 is 0.267 bits per heavy atom. The third-order valence-corrected chi connectivity index (χ3v) is 14.8. The smallest absolute Gasteiger partial charge is 0.306 e. The molecular weight excluding hydrogens is 925 g/mol. The van der Waals surface area contributed by atoms with E-state index in [1.54, 1.807) is 0 Å². The van der Waals surface area contributed by atoms with Gasteiger partial charge in [0.15, 0.2) is 6.10 Å². The second-order valence-electron chi connectivity index (χ2n) is 22.4. The molecule has 0 N–H and O–H groups in total. The summed E-state index contributed by atoms with van der Waals surface area (Å²) in [5.41, 5.74) is 0. The highest BCUT2D eigenvalue weighted by atomic mass is 16.6. The molecule has 0 rings (SSSR count). The zero-order chi connectivity index (χ0) is 54.3. The maximum absolute atomic E-state index is 12.9. The van der Waals surface area contributed by atoms with E-state index in [2.05, 4.69) is 69.4 Å². The van der Waals surface area contributed by atoms with Gasteiger partial charge in [-0.1, -0.05) is 307 Å². The molecule has 0 saturated carbocycles. The summed E-state index contributed by atoms with van der Waals surface area (Å²) in [6.45, 7) is 6.60. The Kier molecular flexibility index (Phi) is 61.7. The van der Waals surface area contributed by atoms with Crippen molar-refractivity contribution in [3.05, 3.63) is 48.6 Å². The Morgan fingerprint density at radius 3 is 0.813 bits per heavy atom. The highest BCUT2D eigenvalue weighted by Gasteiger charge is 2.19. The van der Waals surface area contributed by atoms with E-state index >= 15 is 0 Å². The van der Waals surface area contributed by atoms with Gasteiger partial charge in [0.05, 0.1) is 0 Å². The van der Waals surface area contributed by atoms with Gasteiger partial charge in [-0.15, -0.1) is 0 Å². The Morgan fingerprint density at radius 2 is 0.507 bits per heavy atom. The van der Waals surface area contributed by atoms with Crippen LogP contribution in [-0.4, -0.2) is 37.2 Å². The summed E-state index contributed by atoms with van der Waals surface area (Å²) in [6, 6.07) is 0. The van der Waals surface area contributed by atoms with Crippen molar-refractivity contribution in [3.8, 4) is 0 Å². The fraction of sp³-hybridized carbons (Fsp3) is 0.841. The van der Waals surface area contributed by atoms with Crippen LogP contribution >= 0.6 is 0 Å². The van der Waals surface area contributed by atoms with Gasteiger partial charge >= 0.3 is 17.9 Å². The van der Waals surface area contributed by atoms with Crippen LogP contribution in [0.25, 0.3) is 0 Å². The van der Waals surface area contributed by atoms with Crippen molar-refractivity contribution in [1.82, 2.24) is 0 Å². The molecule has 0 aliphatic carbocycles. The number of esters is 3. The van der Waals surface area contributed by atoms with E-state index in [1.807, 2.05) is 0 Å². The average molecular weight is 1050 g/mol. The van der Waals surface area contributed by atoms with Gasteiger partial charge in [-0.25, -0.2) is 0 Å². The number of rotatable bonds is 61. The molecule has 6 nitrogen and oxygen atoms in total. The van der Waals surface area contributed by atoms with E-state index in [0.717, 1.165) is 96.3 Å². The highest BCUT2D eigenvalue weighted by Crippen LogP contribution is 2.18. The van der Waals surface area contributed by atoms with Crippen LogP contribution in [0, 0.1) is 0 Å². The van der Waals surface area contributed by atoms with E-state index in [4.69, 9.17) is 14.2 Å². The molecule has 0 fully saturated rings. The number of carbonyl (C=O) groups is 3. The van der Waals surface area contributed by atoms with Crippen LogP contribution < -0.4 is 0 Å². The number of hydrogen-bond donors (Lipinski definition) is 0. The summed E-state index contributed by atoms with van der Waals surface area (Å²) in [5.74, 6) is -0.883. The first-order chi connectivity index (χ1) is 37.0. The normalized spacial score (nSPS) is 12.3. The molecule has 0 aromatic carbocycles. The minimum Gasteiger partial charge on any atom is -0.462 e. The Labute approximate surface area is 467 Å². The topological polar surface area (TPSA) is 78.9 Å². The molecule has 0 spiro atoms. The van der Waals surface area contributed by atoms with E-state index in [-0.39, 0.29) is 31.1 Å². The van der Waals surface area contributed by atoms with Crippen molar-refractivity contribution in [2.75, 3.05) is 13.2 Å². The summed E-state index contributed by atoms with van der Waals surface area (Å²) in [5, 5.41) is 0. The highest BCUT2D eigenvalue weighted by molar-refractivity contribution is 5.71. The average Bonchev–Trinajstić information content (AvgIpc) is 3.41. The van der Waals surface area contributed by atoms with Gasteiger partial charge in [-0.05, 0) is 77.0 Å². The SMILES string of the molecule is CCC/C=C\CCCCCCCC(=O)OCC(COC(=O)CCCCCCCCCCCCCCCCCCCCCCCCCCCC)OC(=O)CCCCCCCC/C=C\C/C=C\C/C=C\CCCCCCC. The molecule has 0 aliphatic heterocycles. The minimum atomic E-state index is -0.782. The molecule has 438 valence electrons. The lowest BCUT2D eigenvalue weighted by Gasteiger charge is -2.18. The largest absolute Gasteiger partial charge is 0.462 e. The van der Waals surface area contributed by atoms with Crippen LogP contribution in [0.2, 0.25) is 0 Å². The van der Waals surface area contributed by atoms with E-state index < -0.39 is 6.10 Å². The monoisotopic (exact) mass is 1050 g/mol. The number of hydrogen-bond acceptors (Lipinski definition) is 6. The number of ether oxygens (including phenoxy) is 3. The Bertz CT molecular complexity index is 1300. The number of carbonyl (C=O) groups excluding carboxylic acids is 3. The van der Waals surface area contributed by atoms with Gasteiger partial charge in [-0.2, -0.15) is 0 Å². The second-order valence-corrected chi connectivity index (χ2v) is 22.4. The summed E-state index contributed by atoms with van der Waals surface area (Å²) in [6.07, 6.45) is 80.0. The Hall–Kier alpha value is -2.63. The zero-order valence-corrected chi connectivity index (χ0v) is 50.3. The van der Waals surface area contributed by atoms with Crippen molar-refractivity contribution in [3.63, 3.8) is 0 Å². The summed E-state index contributed by atoms with van der Waals surface area (Å²) < 4.78 is 16.9. The second kappa shape index (κ2) is 63.9. The summed E-state index contributed by atoms with van der Waals surface area (Å²) in [4.78, 5) is 38.2. The van der Waals surface area contributed by atoms with Crippen LogP contribution in [0.4, 0.5) is 0 Å². The van der Waals surface area contributed by atoms with Gasteiger partial charge in [0.25, 0.3) is 0 Å². The molecule has 1 atom stereocenters. The van der Waals surface area contributed by atoms with Crippen LogP contribution in [0.15, 0.2) is 48.6 Å². The fourth-order valence-electron chi connectivity index (χ4n) is 9.81. The number of unbranched alkanes of at least 4 members (excludes halogenated alkanes) is 42. The first kappa shape index (κ1) is 72.4. The molecule has 0 bridgehead atoms. The third-order valence-electron chi connectivity index (χ3n) is 14.8. The lowest BCUT2D eigenvalue weighted by molar-refractivity contribution is -0.167. The molecule has 0 radical (unpaired) electrons. The molecule has 1 unspecified atom stereocenters. The van der Waals surface area contributed by atoms with Crippen LogP contribution in [0.5, 0.6) is 0 Å². The van der Waals surface area contributed by atoms with Gasteiger partial charge in [0, 0.05) is 19.3 Å². The molecule has 0 saturated heterocycles. The van der Waals surface area contributed by atoms with Gasteiger partial charge in [0.1, 0.15) is 13.2 Å². The Balaban J connectivity index is 4.19. The molecule has 0 amide bonds. The zero-order valence-electron chi connectivity index (χ0n) is 50.3.